The summed E-state index contributed by atoms with van der Waals surface area (Å²) in [6, 6.07) is 10.7. The number of ether oxygens (including phenoxy) is 1. The third-order valence-electron chi connectivity index (χ3n) is 4.30. The van der Waals surface area contributed by atoms with Crippen LogP contribution in [-0.4, -0.2) is 40.3 Å². The van der Waals surface area contributed by atoms with Gasteiger partial charge in [-0.25, -0.2) is 8.42 Å². The molecule has 0 heterocycles. The first-order valence-electron chi connectivity index (χ1n) is 8.78. The van der Waals surface area contributed by atoms with E-state index in [0.717, 1.165) is 27.4 Å². The van der Waals surface area contributed by atoms with Crippen molar-refractivity contribution in [3.8, 4) is 5.75 Å². The minimum atomic E-state index is -3.64. The minimum Gasteiger partial charge on any atom is -0.492 e. The van der Waals surface area contributed by atoms with Gasteiger partial charge in [0.1, 0.15) is 18.9 Å². The lowest BCUT2D eigenvalue weighted by atomic mass is 10.1. The highest BCUT2D eigenvalue weighted by molar-refractivity contribution is 7.92. The highest BCUT2D eigenvalue weighted by Gasteiger charge is 2.21. The molecule has 0 spiro atoms. The summed E-state index contributed by atoms with van der Waals surface area (Å²) in [6.07, 6.45) is 1.05. The lowest BCUT2D eigenvalue weighted by Gasteiger charge is -2.22. The van der Waals surface area contributed by atoms with Crippen LogP contribution < -0.4 is 14.4 Å². The van der Waals surface area contributed by atoms with E-state index in [1.165, 1.54) is 11.6 Å². The number of nitrogens with zero attached hydrogens (tertiary/aromatic N) is 1. The minimum absolute atomic E-state index is 0.262. The second kappa shape index (κ2) is 9.30. The number of carbonyl (C=O) groups excluding carboxylic acids is 1. The Kier molecular flexibility index (Phi) is 7.32. The molecule has 8 heteroatoms. The second-order valence-electron chi connectivity index (χ2n) is 6.65. The number of nitrogens with one attached hydrogen (secondary N) is 1. The standard InChI is InChI=1S/C20H25ClN2O4S/c1-14-6-8-18(11-16(14)3)27-10-9-22-20(24)13-23(28(4,25)26)17-7-5-15(2)19(21)12-17/h5-8,11-12H,9-10,13H2,1-4H3,(H,22,24). The van der Waals surface area contributed by atoms with Crippen molar-refractivity contribution in [2.24, 2.45) is 0 Å². The molecule has 152 valence electrons. The van der Waals surface area contributed by atoms with Gasteiger partial charge in [-0.2, -0.15) is 0 Å². The Balaban J connectivity index is 1.93. The number of benzene rings is 2. The Morgan fingerprint density at radius 1 is 1.07 bits per heavy atom. The molecule has 0 saturated heterocycles. The number of hydrogen-bond acceptors (Lipinski definition) is 4. The van der Waals surface area contributed by atoms with Crippen LogP contribution in [0.1, 0.15) is 16.7 Å². The Morgan fingerprint density at radius 2 is 1.75 bits per heavy atom. The molecule has 2 aromatic carbocycles. The van der Waals surface area contributed by atoms with Gasteiger partial charge in [-0.15, -0.1) is 0 Å². The maximum atomic E-state index is 12.2. The molecule has 0 aliphatic heterocycles. The van der Waals surface area contributed by atoms with Gasteiger partial charge in [0.2, 0.25) is 15.9 Å². The Morgan fingerprint density at radius 3 is 2.36 bits per heavy atom. The van der Waals surface area contributed by atoms with Crippen LogP contribution >= 0.6 is 11.6 Å². The zero-order chi connectivity index (χ0) is 20.9. The SMILES string of the molecule is Cc1ccc(OCCNC(=O)CN(c2ccc(C)c(Cl)c2)S(C)(=O)=O)cc1C. The van der Waals surface area contributed by atoms with Crippen molar-refractivity contribution in [1.82, 2.24) is 5.32 Å². The third-order valence-corrected chi connectivity index (χ3v) is 5.85. The zero-order valence-electron chi connectivity index (χ0n) is 16.5. The number of halogens is 1. The molecule has 0 aliphatic carbocycles. The Bertz CT molecular complexity index is 961. The van der Waals surface area contributed by atoms with E-state index >= 15 is 0 Å². The molecule has 0 aromatic heterocycles. The van der Waals surface area contributed by atoms with E-state index in [0.29, 0.717) is 10.7 Å². The van der Waals surface area contributed by atoms with Gasteiger partial charge in [0.15, 0.2) is 0 Å². The Labute approximate surface area is 171 Å². The normalized spacial score (nSPS) is 11.2. The van der Waals surface area contributed by atoms with Crippen molar-refractivity contribution in [1.29, 1.82) is 0 Å². The van der Waals surface area contributed by atoms with Crippen LogP contribution in [0.15, 0.2) is 36.4 Å². The zero-order valence-corrected chi connectivity index (χ0v) is 18.0. The van der Waals surface area contributed by atoms with Crippen molar-refractivity contribution >= 4 is 33.2 Å². The molecule has 1 N–H and O–H groups in total. The van der Waals surface area contributed by atoms with Crippen molar-refractivity contribution < 1.29 is 17.9 Å². The monoisotopic (exact) mass is 424 g/mol. The number of aryl methyl sites for hydroxylation is 3. The fourth-order valence-corrected chi connectivity index (χ4v) is 3.51. The van der Waals surface area contributed by atoms with E-state index in [1.54, 1.807) is 12.1 Å². The van der Waals surface area contributed by atoms with Gasteiger partial charge in [0.25, 0.3) is 0 Å². The predicted molar refractivity (Wildman–Crippen MR) is 113 cm³/mol. The average molecular weight is 425 g/mol. The summed E-state index contributed by atoms with van der Waals surface area (Å²) in [6.45, 7) is 6.05. The van der Waals surface area contributed by atoms with E-state index < -0.39 is 15.9 Å². The first-order valence-corrected chi connectivity index (χ1v) is 11.0. The van der Waals surface area contributed by atoms with Crippen molar-refractivity contribution in [3.05, 3.63) is 58.1 Å². The molecule has 0 fully saturated rings. The molecule has 1 amide bonds. The molecule has 2 rings (SSSR count). The van der Waals surface area contributed by atoms with E-state index in [9.17, 15) is 13.2 Å². The fourth-order valence-electron chi connectivity index (χ4n) is 2.49. The number of carbonyl (C=O) groups is 1. The molecule has 2 aromatic rings. The summed E-state index contributed by atoms with van der Waals surface area (Å²) in [7, 11) is -3.64. The number of anilines is 1. The van der Waals surface area contributed by atoms with Gasteiger partial charge < -0.3 is 10.1 Å². The van der Waals surface area contributed by atoms with Crippen LogP contribution in [0.25, 0.3) is 0 Å². The summed E-state index contributed by atoms with van der Waals surface area (Å²) >= 11 is 6.09. The van der Waals surface area contributed by atoms with Gasteiger partial charge >= 0.3 is 0 Å². The summed E-state index contributed by atoms with van der Waals surface area (Å²) in [5.41, 5.74) is 3.48. The predicted octanol–water partition coefficient (Wildman–Crippen LogP) is 3.23. The van der Waals surface area contributed by atoms with Gasteiger partial charge in [-0.05, 0) is 61.7 Å². The Hall–Kier alpha value is -2.25. The lowest BCUT2D eigenvalue weighted by Crippen LogP contribution is -2.41. The fraction of sp³-hybridized carbons (Fsp3) is 0.350. The maximum Gasteiger partial charge on any atom is 0.240 e. The molecule has 0 radical (unpaired) electrons. The lowest BCUT2D eigenvalue weighted by molar-refractivity contribution is -0.119. The molecular formula is C20H25ClN2O4S. The quantitative estimate of drug-likeness (QED) is 0.660. The largest absolute Gasteiger partial charge is 0.492 e. The number of rotatable bonds is 8. The van der Waals surface area contributed by atoms with E-state index in [4.69, 9.17) is 16.3 Å². The van der Waals surface area contributed by atoms with Crippen LogP contribution in [0.4, 0.5) is 5.69 Å². The van der Waals surface area contributed by atoms with Crippen molar-refractivity contribution in [2.45, 2.75) is 20.8 Å². The van der Waals surface area contributed by atoms with Crippen LogP contribution in [0.3, 0.4) is 0 Å². The smallest absolute Gasteiger partial charge is 0.240 e. The highest BCUT2D eigenvalue weighted by atomic mass is 35.5. The maximum absolute atomic E-state index is 12.2. The van der Waals surface area contributed by atoms with E-state index in [2.05, 4.69) is 5.32 Å². The molecule has 0 bridgehead atoms. The van der Waals surface area contributed by atoms with Gasteiger partial charge in [0.05, 0.1) is 18.5 Å². The number of amides is 1. The second-order valence-corrected chi connectivity index (χ2v) is 8.96. The van der Waals surface area contributed by atoms with Gasteiger partial charge in [-0.3, -0.25) is 9.10 Å². The van der Waals surface area contributed by atoms with Crippen LogP contribution in [0.2, 0.25) is 5.02 Å². The number of sulfonamides is 1. The van der Waals surface area contributed by atoms with E-state index in [-0.39, 0.29) is 19.7 Å². The average Bonchev–Trinajstić information content (AvgIpc) is 2.61. The molecule has 0 unspecified atom stereocenters. The number of hydrogen-bond donors (Lipinski definition) is 1. The van der Waals surface area contributed by atoms with Crippen LogP contribution in [-0.2, 0) is 14.8 Å². The van der Waals surface area contributed by atoms with Gasteiger partial charge in [0, 0.05) is 5.02 Å². The highest BCUT2D eigenvalue weighted by Crippen LogP contribution is 2.24. The summed E-state index contributed by atoms with van der Waals surface area (Å²) < 4.78 is 30.9. The van der Waals surface area contributed by atoms with E-state index in [1.807, 2.05) is 39.0 Å². The first kappa shape index (κ1) is 22.0. The van der Waals surface area contributed by atoms with Gasteiger partial charge in [-0.1, -0.05) is 23.7 Å². The molecule has 6 nitrogen and oxygen atoms in total. The summed E-state index contributed by atoms with van der Waals surface area (Å²) in [5.74, 6) is 0.301. The van der Waals surface area contributed by atoms with Crippen molar-refractivity contribution in [3.63, 3.8) is 0 Å². The topological polar surface area (TPSA) is 75.7 Å². The van der Waals surface area contributed by atoms with Crippen LogP contribution in [0, 0.1) is 20.8 Å². The molecule has 0 atom stereocenters. The molecule has 0 aliphatic rings. The molecular weight excluding hydrogens is 400 g/mol. The third kappa shape index (κ3) is 6.14. The molecule has 0 saturated carbocycles. The first-order chi connectivity index (χ1) is 13.1. The molecule has 28 heavy (non-hydrogen) atoms. The summed E-state index contributed by atoms with van der Waals surface area (Å²) in [4.78, 5) is 12.2. The summed E-state index contributed by atoms with van der Waals surface area (Å²) in [5, 5.41) is 3.11. The van der Waals surface area contributed by atoms with Crippen LogP contribution in [0.5, 0.6) is 5.75 Å². The van der Waals surface area contributed by atoms with Crippen molar-refractivity contribution in [2.75, 3.05) is 30.3 Å².